The van der Waals surface area contributed by atoms with Crippen LogP contribution in [0.4, 0.5) is 19.3 Å². The lowest BCUT2D eigenvalue weighted by Gasteiger charge is -2.08. The summed E-state index contributed by atoms with van der Waals surface area (Å²) in [5.41, 5.74) is 0.505. The SMILES string of the molecule is O=C(NCCc1cccs1)Nc1ccc(OC(F)F)cc1. The van der Waals surface area contributed by atoms with Gasteiger partial charge in [-0.2, -0.15) is 8.78 Å². The van der Waals surface area contributed by atoms with Crippen molar-refractivity contribution in [2.45, 2.75) is 13.0 Å². The molecule has 0 aliphatic heterocycles. The zero-order valence-corrected chi connectivity index (χ0v) is 11.8. The van der Waals surface area contributed by atoms with Crippen molar-refractivity contribution in [1.82, 2.24) is 5.32 Å². The highest BCUT2D eigenvalue weighted by Gasteiger charge is 2.05. The number of hydrogen-bond donors (Lipinski definition) is 2. The van der Waals surface area contributed by atoms with Crippen molar-refractivity contribution >= 4 is 23.1 Å². The Labute approximate surface area is 124 Å². The van der Waals surface area contributed by atoms with Gasteiger partial charge in [0.15, 0.2) is 0 Å². The number of hydrogen-bond acceptors (Lipinski definition) is 3. The molecule has 2 amide bonds. The molecule has 7 heteroatoms. The van der Waals surface area contributed by atoms with E-state index in [0.717, 1.165) is 6.42 Å². The minimum absolute atomic E-state index is 0.0497. The van der Waals surface area contributed by atoms with Crippen LogP contribution in [-0.4, -0.2) is 19.2 Å². The molecular formula is C14H14F2N2O2S. The molecule has 4 nitrogen and oxygen atoms in total. The smallest absolute Gasteiger partial charge is 0.387 e. The number of halogens is 2. The molecule has 0 radical (unpaired) electrons. The molecule has 0 saturated carbocycles. The first-order chi connectivity index (χ1) is 10.1. The number of carbonyl (C=O) groups excluding carboxylic acids is 1. The Bertz CT molecular complexity index is 559. The highest BCUT2D eigenvalue weighted by Crippen LogP contribution is 2.17. The summed E-state index contributed by atoms with van der Waals surface area (Å²) >= 11 is 1.64. The van der Waals surface area contributed by atoms with Crippen LogP contribution in [0.5, 0.6) is 5.75 Å². The largest absolute Gasteiger partial charge is 0.435 e. The molecule has 0 fully saturated rings. The molecule has 0 atom stereocenters. The van der Waals surface area contributed by atoms with Crippen molar-refractivity contribution in [3.63, 3.8) is 0 Å². The number of rotatable bonds is 6. The molecular weight excluding hydrogens is 298 g/mol. The number of amides is 2. The molecule has 0 saturated heterocycles. The van der Waals surface area contributed by atoms with E-state index in [-0.39, 0.29) is 11.8 Å². The molecule has 1 heterocycles. The van der Waals surface area contributed by atoms with E-state index in [1.807, 2.05) is 17.5 Å². The number of ether oxygens (including phenoxy) is 1. The predicted molar refractivity (Wildman–Crippen MR) is 78.1 cm³/mol. The van der Waals surface area contributed by atoms with Crippen molar-refractivity contribution in [3.05, 3.63) is 46.7 Å². The van der Waals surface area contributed by atoms with Gasteiger partial charge in [-0.1, -0.05) is 6.07 Å². The van der Waals surface area contributed by atoms with Crippen LogP contribution >= 0.6 is 11.3 Å². The maximum absolute atomic E-state index is 12.0. The average molecular weight is 312 g/mol. The van der Waals surface area contributed by atoms with E-state index in [1.54, 1.807) is 11.3 Å². The second kappa shape index (κ2) is 7.58. The van der Waals surface area contributed by atoms with Gasteiger partial charge in [-0.05, 0) is 42.1 Å². The van der Waals surface area contributed by atoms with E-state index >= 15 is 0 Å². The summed E-state index contributed by atoms with van der Waals surface area (Å²) in [5, 5.41) is 7.32. The summed E-state index contributed by atoms with van der Waals surface area (Å²) in [6.07, 6.45) is 0.770. The highest BCUT2D eigenvalue weighted by atomic mass is 32.1. The van der Waals surface area contributed by atoms with Crippen molar-refractivity contribution in [1.29, 1.82) is 0 Å². The van der Waals surface area contributed by atoms with Gasteiger partial charge in [-0.25, -0.2) is 4.79 Å². The number of anilines is 1. The number of nitrogens with one attached hydrogen (secondary N) is 2. The molecule has 2 rings (SSSR count). The van der Waals surface area contributed by atoms with Crippen molar-refractivity contribution in [3.8, 4) is 5.75 Å². The van der Waals surface area contributed by atoms with Gasteiger partial charge >= 0.3 is 12.6 Å². The standard InChI is InChI=1S/C14H14F2N2O2S/c15-13(16)20-11-5-3-10(4-6-11)18-14(19)17-8-7-12-2-1-9-21-12/h1-6,9,13H,7-8H2,(H2,17,18,19). The number of thiophene rings is 1. The maximum atomic E-state index is 12.0. The molecule has 0 aliphatic rings. The van der Waals surface area contributed by atoms with Gasteiger partial charge in [0, 0.05) is 17.1 Å². The van der Waals surface area contributed by atoms with Crippen molar-refractivity contribution in [2.75, 3.05) is 11.9 Å². The molecule has 21 heavy (non-hydrogen) atoms. The van der Waals surface area contributed by atoms with Gasteiger partial charge in [0.05, 0.1) is 0 Å². The van der Waals surface area contributed by atoms with Gasteiger partial charge in [-0.3, -0.25) is 0 Å². The minimum Gasteiger partial charge on any atom is -0.435 e. The number of urea groups is 1. The van der Waals surface area contributed by atoms with Gasteiger partial charge in [0.1, 0.15) is 5.75 Å². The molecule has 0 bridgehead atoms. The average Bonchev–Trinajstić information content (AvgIpc) is 2.93. The summed E-state index contributed by atoms with van der Waals surface area (Å²) in [6.45, 7) is -2.33. The first-order valence-electron chi connectivity index (χ1n) is 6.25. The van der Waals surface area contributed by atoms with E-state index in [0.29, 0.717) is 12.2 Å². The van der Waals surface area contributed by atoms with Crippen LogP contribution in [0.1, 0.15) is 4.88 Å². The van der Waals surface area contributed by atoms with Gasteiger partial charge in [0.2, 0.25) is 0 Å². The highest BCUT2D eigenvalue weighted by molar-refractivity contribution is 7.09. The topological polar surface area (TPSA) is 50.4 Å². The summed E-state index contributed by atoms with van der Waals surface area (Å²) in [7, 11) is 0. The molecule has 1 aromatic carbocycles. The Balaban J connectivity index is 1.74. The first-order valence-corrected chi connectivity index (χ1v) is 7.13. The maximum Gasteiger partial charge on any atom is 0.387 e. The Hall–Kier alpha value is -2.15. The normalized spacial score (nSPS) is 10.4. The third kappa shape index (κ3) is 5.39. The third-order valence-corrected chi connectivity index (χ3v) is 3.51. The number of carbonyl (C=O) groups is 1. The van der Waals surface area contributed by atoms with Crippen LogP contribution in [-0.2, 0) is 6.42 Å². The Kier molecular flexibility index (Phi) is 5.51. The second-order valence-electron chi connectivity index (χ2n) is 4.11. The Morgan fingerprint density at radius 1 is 1.24 bits per heavy atom. The Morgan fingerprint density at radius 3 is 2.62 bits per heavy atom. The van der Waals surface area contributed by atoms with Crippen LogP contribution in [0.3, 0.4) is 0 Å². The van der Waals surface area contributed by atoms with E-state index < -0.39 is 6.61 Å². The summed E-state index contributed by atoms with van der Waals surface area (Å²) in [6, 6.07) is 9.36. The van der Waals surface area contributed by atoms with Gasteiger partial charge in [0.25, 0.3) is 0 Å². The van der Waals surface area contributed by atoms with Crippen LogP contribution in [0.2, 0.25) is 0 Å². The van der Waals surface area contributed by atoms with E-state index in [1.165, 1.54) is 29.1 Å². The van der Waals surface area contributed by atoms with Crippen molar-refractivity contribution < 1.29 is 18.3 Å². The zero-order valence-electron chi connectivity index (χ0n) is 11.0. The number of alkyl halides is 2. The summed E-state index contributed by atoms with van der Waals surface area (Å²) in [4.78, 5) is 12.8. The molecule has 1 aromatic heterocycles. The Morgan fingerprint density at radius 2 is 2.00 bits per heavy atom. The van der Waals surface area contributed by atoms with Crippen LogP contribution in [0, 0.1) is 0 Å². The summed E-state index contributed by atoms with van der Waals surface area (Å²) in [5.74, 6) is 0.0497. The lowest BCUT2D eigenvalue weighted by molar-refractivity contribution is -0.0498. The van der Waals surface area contributed by atoms with Crippen molar-refractivity contribution in [2.24, 2.45) is 0 Å². The van der Waals surface area contributed by atoms with Gasteiger partial charge in [-0.15, -0.1) is 11.3 Å². The lowest BCUT2D eigenvalue weighted by Crippen LogP contribution is -2.30. The molecule has 112 valence electrons. The fourth-order valence-electron chi connectivity index (χ4n) is 1.65. The van der Waals surface area contributed by atoms with Gasteiger partial charge < -0.3 is 15.4 Å². The second-order valence-corrected chi connectivity index (χ2v) is 5.15. The fourth-order valence-corrected chi connectivity index (χ4v) is 2.36. The number of benzene rings is 1. The molecule has 0 aliphatic carbocycles. The lowest BCUT2D eigenvalue weighted by atomic mass is 10.3. The quantitative estimate of drug-likeness (QED) is 0.854. The zero-order chi connectivity index (χ0) is 15.1. The van der Waals surface area contributed by atoms with Crippen LogP contribution in [0.25, 0.3) is 0 Å². The van der Waals surface area contributed by atoms with Crippen LogP contribution in [0.15, 0.2) is 41.8 Å². The van der Waals surface area contributed by atoms with E-state index in [9.17, 15) is 13.6 Å². The van der Waals surface area contributed by atoms with E-state index in [2.05, 4.69) is 15.4 Å². The molecule has 2 N–H and O–H groups in total. The minimum atomic E-state index is -2.86. The van der Waals surface area contributed by atoms with Crippen LogP contribution < -0.4 is 15.4 Å². The summed E-state index contributed by atoms with van der Waals surface area (Å²) < 4.78 is 28.2. The molecule has 0 unspecified atom stereocenters. The monoisotopic (exact) mass is 312 g/mol. The first kappa shape index (κ1) is 15.2. The van der Waals surface area contributed by atoms with E-state index in [4.69, 9.17) is 0 Å². The molecule has 2 aromatic rings. The molecule has 0 spiro atoms. The third-order valence-electron chi connectivity index (χ3n) is 2.57. The fraction of sp³-hybridized carbons (Fsp3) is 0.214. The predicted octanol–water partition coefficient (Wildman–Crippen LogP) is 3.71.